The van der Waals surface area contributed by atoms with Crippen molar-refractivity contribution in [1.29, 1.82) is 0 Å². The predicted octanol–water partition coefficient (Wildman–Crippen LogP) is 2.66. The number of thiophene rings is 1. The molecular formula is C23H33N5O2S. The summed E-state index contributed by atoms with van der Waals surface area (Å²) >= 11 is 1.78. The zero-order valence-corrected chi connectivity index (χ0v) is 19.3. The Bertz CT molecular complexity index is 834. The van der Waals surface area contributed by atoms with E-state index in [1.807, 2.05) is 25.2 Å². The molecule has 1 aromatic heterocycles. The fourth-order valence-electron chi connectivity index (χ4n) is 3.47. The Morgan fingerprint density at radius 3 is 2.84 bits per heavy atom. The predicted molar refractivity (Wildman–Crippen MR) is 128 cm³/mol. The van der Waals surface area contributed by atoms with Gasteiger partial charge in [0, 0.05) is 63.8 Å². The van der Waals surface area contributed by atoms with Gasteiger partial charge in [-0.25, -0.2) is 0 Å². The van der Waals surface area contributed by atoms with Crippen molar-refractivity contribution in [3.8, 4) is 0 Å². The Morgan fingerprint density at radius 1 is 1.26 bits per heavy atom. The molecule has 168 valence electrons. The number of carbonyl (C=O) groups excluding carboxylic acids is 1. The van der Waals surface area contributed by atoms with Crippen LogP contribution in [0.15, 0.2) is 46.8 Å². The van der Waals surface area contributed by atoms with E-state index in [2.05, 4.69) is 49.0 Å². The number of nitrogens with one attached hydrogen (secondary N) is 2. The molecule has 1 aliphatic heterocycles. The van der Waals surface area contributed by atoms with Crippen LogP contribution in [-0.2, 0) is 22.5 Å². The van der Waals surface area contributed by atoms with Gasteiger partial charge in [-0.15, -0.1) is 11.3 Å². The lowest BCUT2D eigenvalue weighted by Crippen LogP contribution is -2.39. The number of morpholine rings is 1. The number of carbonyl (C=O) groups is 1. The molecule has 0 radical (unpaired) electrons. The normalized spacial score (nSPS) is 15.0. The first kappa shape index (κ1) is 23.2. The van der Waals surface area contributed by atoms with Gasteiger partial charge in [0.1, 0.15) is 0 Å². The first-order valence-corrected chi connectivity index (χ1v) is 11.6. The van der Waals surface area contributed by atoms with Gasteiger partial charge in [0.05, 0.1) is 13.2 Å². The maximum Gasteiger partial charge on any atom is 0.225 e. The number of likely N-dealkylation sites (N-methyl/N-ethyl adjacent to an activating group) is 1. The Morgan fingerprint density at radius 2 is 2.10 bits per heavy atom. The minimum Gasteiger partial charge on any atom is -0.379 e. The van der Waals surface area contributed by atoms with E-state index in [4.69, 9.17) is 4.74 Å². The van der Waals surface area contributed by atoms with Crippen LogP contribution in [0.5, 0.6) is 0 Å². The average molecular weight is 444 g/mol. The van der Waals surface area contributed by atoms with Gasteiger partial charge in [0.2, 0.25) is 5.91 Å². The molecule has 0 spiro atoms. The van der Waals surface area contributed by atoms with Crippen LogP contribution in [0, 0.1) is 0 Å². The van der Waals surface area contributed by atoms with Crippen molar-refractivity contribution in [2.75, 3.05) is 58.8 Å². The summed E-state index contributed by atoms with van der Waals surface area (Å²) in [4.78, 5) is 22.5. The van der Waals surface area contributed by atoms with Gasteiger partial charge >= 0.3 is 0 Å². The quantitative estimate of drug-likeness (QED) is 0.461. The molecule has 2 aromatic rings. The van der Waals surface area contributed by atoms with Crippen molar-refractivity contribution in [2.24, 2.45) is 4.99 Å². The standard InChI is InChI=1S/C23H33N5O2S/c1-24-23(27(2)10-8-21-7-4-16-31-21)25-18-19-5-3-6-20(17-19)26-22(29)9-11-28-12-14-30-15-13-28/h3-7,16-17H,8-15,18H2,1-2H3,(H,24,25)(H,26,29). The van der Waals surface area contributed by atoms with Gasteiger partial charge in [0.25, 0.3) is 0 Å². The van der Waals surface area contributed by atoms with E-state index in [0.29, 0.717) is 13.0 Å². The highest BCUT2D eigenvalue weighted by molar-refractivity contribution is 7.09. The number of rotatable bonds is 9. The fourth-order valence-corrected chi connectivity index (χ4v) is 4.17. The third kappa shape index (κ3) is 7.97. The number of ether oxygens (including phenoxy) is 1. The summed E-state index contributed by atoms with van der Waals surface area (Å²) in [5.74, 6) is 0.900. The van der Waals surface area contributed by atoms with Crippen molar-refractivity contribution >= 4 is 28.9 Å². The third-order valence-electron chi connectivity index (χ3n) is 5.27. The lowest BCUT2D eigenvalue weighted by molar-refractivity contribution is -0.116. The Hall–Kier alpha value is -2.42. The monoisotopic (exact) mass is 443 g/mol. The second-order valence-corrected chi connectivity index (χ2v) is 8.64. The maximum absolute atomic E-state index is 12.3. The molecule has 2 heterocycles. The SMILES string of the molecule is CN=C(NCc1cccc(NC(=O)CCN2CCOCC2)c1)N(C)CCc1cccs1. The van der Waals surface area contributed by atoms with E-state index in [1.165, 1.54) is 4.88 Å². The van der Waals surface area contributed by atoms with Crippen LogP contribution in [0.25, 0.3) is 0 Å². The van der Waals surface area contributed by atoms with Gasteiger partial charge in [-0.05, 0) is 35.6 Å². The number of hydrogen-bond donors (Lipinski definition) is 2. The molecular weight excluding hydrogens is 410 g/mol. The summed E-state index contributed by atoms with van der Waals surface area (Å²) in [6.07, 6.45) is 1.49. The van der Waals surface area contributed by atoms with Crippen molar-refractivity contribution in [1.82, 2.24) is 15.1 Å². The topological polar surface area (TPSA) is 69.2 Å². The molecule has 7 nitrogen and oxygen atoms in total. The third-order valence-corrected chi connectivity index (χ3v) is 6.20. The highest BCUT2D eigenvalue weighted by Gasteiger charge is 2.12. The summed E-state index contributed by atoms with van der Waals surface area (Å²) in [5, 5.41) is 8.54. The Kier molecular flexibility index (Phi) is 9.33. The second kappa shape index (κ2) is 12.4. The molecule has 1 aromatic carbocycles. The highest BCUT2D eigenvalue weighted by Crippen LogP contribution is 2.12. The van der Waals surface area contributed by atoms with E-state index >= 15 is 0 Å². The van der Waals surface area contributed by atoms with Crippen molar-refractivity contribution in [3.63, 3.8) is 0 Å². The van der Waals surface area contributed by atoms with Crippen LogP contribution in [0.3, 0.4) is 0 Å². The molecule has 0 saturated carbocycles. The molecule has 0 atom stereocenters. The van der Waals surface area contributed by atoms with E-state index in [1.54, 1.807) is 18.4 Å². The molecule has 8 heteroatoms. The van der Waals surface area contributed by atoms with Gasteiger partial charge in [0.15, 0.2) is 5.96 Å². The number of nitrogens with zero attached hydrogens (tertiary/aromatic N) is 3. The Labute approximate surface area is 189 Å². The van der Waals surface area contributed by atoms with Crippen LogP contribution in [0.1, 0.15) is 16.9 Å². The van der Waals surface area contributed by atoms with Crippen LogP contribution < -0.4 is 10.6 Å². The summed E-state index contributed by atoms with van der Waals surface area (Å²) in [6, 6.07) is 12.2. The first-order chi connectivity index (χ1) is 15.1. The molecule has 0 bridgehead atoms. The average Bonchev–Trinajstić information content (AvgIpc) is 3.31. The summed E-state index contributed by atoms with van der Waals surface area (Å²) in [6.45, 7) is 5.62. The van der Waals surface area contributed by atoms with Crippen LogP contribution in [0.2, 0.25) is 0 Å². The van der Waals surface area contributed by atoms with E-state index < -0.39 is 0 Å². The van der Waals surface area contributed by atoms with Crippen LogP contribution >= 0.6 is 11.3 Å². The van der Waals surface area contributed by atoms with E-state index in [9.17, 15) is 4.79 Å². The van der Waals surface area contributed by atoms with Gasteiger partial charge in [-0.3, -0.25) is 14.7 Å². The number of hydrogen-bond acceptors (Lipinski definition) is 5. The molecule has 31 heavy (non-hydrogen) atoms. The van der Waals surface area contributed by atoms with E-state index in [0.717, 1.165) is 63.0 Å². The fraction of sp³-hybridized carbons (Fsp3) is 0.478. The van der Waals surface area contributed by atoms with Crippen molar-refractivity contribution in [2.45, 2.75) is 19.4 Å². The minimum atomic E-state index is 0.0423. The van der Waals surface area contributed by atoms with E-state index in [-0.39, 0.29) is 5.91 Å². The van der Waals surface area contributed by atoms with Gasteiger partial charge in [-0.2, -0.15) is 0 Å². The second-order valence-electron chi connectivity index (χ2n) is 7.60. The van der Waals surface area contributed by atoms with Crippen LogP contribution in [0.4, 0.5) is 5.69 Å². The number of benzene rings is 1. The Balaban J connectivity index is 1.43. The molecule has 1 aliphatic rings. The summed E-state index contributed by atoms with van der Waals surface area (Å²) in [5.41, 5.74) is 1.92. The molecule has 1 saturated heterocycles. The number of anilines is 1. The zero-order chi connectivity index (χ0) is 21.9. The molecule has 1 amide bonds. The number of amides is 1. The molecule has 0 aliphatic carbocycles. The van der Waals surface area contributed by atoms with Gasteiger partial charge in [-0.1, -0.05) is 18.2 Å². The lowest BCUT2D eigenvalue weighted by atomic mass is 10.2. The maximum atomic E-state index is 12.3. The lowest BCUT2D eigenvalue weighted by Gasteiger charge is -2.26. The van der Waals surface area contributed by atoms with Crippen molar-refractivity contribution < 1.29 is 9.53 Å². The molecule has 0 unspecified atom stereocenters. The molecule has 1 fully saturated rings. The first-order valence-electron chi connectivity index (χ1n) is 10.8. The van der Waals surface area contributed by atoms with Gasteiger partial charge < -0.3 is 20.3 Å². The zero-order valence-electron chi connectivity index (χ0n) is 18.5. The summed E-state index contributed by atoms with van der Waals surface area (Å²) in [7, 11) is 3.85. The van der Waals surface area contributed by atoms with Crippen LogP contribution in [-0.4, -0.2) is 75.2 Å². The molecule has 2 N–H and O–H groups in total. The minimum absolute atomic E-state index is 0.0423. The number of aliphatic imine (C=N–C) groups is 1. The summed E-state index contributed by atoms with van der Waals surface area (Å²) < 4.78 is 5.35. The van der Waals surface area contributed by atoms with Crippen molar-refractivity contribution in [3.05, 3.63) is 52.2 Å². The molecule has 3 rings (SSSR count). The highest BCUT2D eigenvalue weighted by atomic mass is 32.1. The smallest absolute Gasteiger partial charge is 0.225 e. The largest absolute Gasteiger partial charge is 0.379 e. The number of guanidine groups is 1.